The second kappa shape index (κ2) is 4.55. The molecule has 0 N–H and O–H groups in total. The number of ether oxygens (including phenoxy) is 4. The fraction of sp³-hybridized carbons (Fsp3) is 0.917. The number of fused-ring (bicyclic) bond motifs is 1. The number of hydrogen-bond donors (Lipinski definition) is 0. The van der Waals surface area contributed by atoms with E-state index in [0.717, 1.165) is 0 Å². The van der Waals surface area contributed by atoms with Gasteiger partial charge in [-0.25, -0.2) is 0 Å². The van der Waals surface area contributed by atoms with Crippen LogP contribution in [0, 0.1) is 5.92 Å². The maximum Gasteiger partial charge on any atom is 0.308 e. The highest BCUT2D eigenvalue weighted by Crippen LogP contribution is 2.35. The van der Waals surface area contributed by atoms with E-state index in [2.05, 4.69) is 0 Å². The molecule has 2 saturated heterocycles. The molecule has 0 radical (unpaired) electrons. The predicted octanol–water partition coefficient (Wildman–Crippen LogP) is 1.10. The van der Waals surface area contributed by atoms with Crippen molar-refractivity contribution in [2.75, 3.05) is 13.2 Å². The first-order valence-corrected chi connectivity index (χ1v) is 6.03. The summed E-state index contributed by atoms with van der Waals surface area (Å²) in [6, 6.07) is 0. The van der Waals surface area contributed by atoms with Gasteiger partial charge in [-0.3, -0.25) is 4.79 Å². The molecule has 5 nitrogen and oxygen atoms in total. The lowest BCUT2D eigenvalue weighted by molar-refractivity contribution is -0.182. The van der Waals surface area contributed by atoms with Gasteiger partial charge in [0.15, 0.2) is 5.79 Å². The molecule has 2 aliphatic rings. The maximum atomic E-state index is 11.4. The van der Waals surface area contributed by atoms with Gasteiger partial charge >= 0.3 is 5.97 Å². The van der Waals surface area contributed by atoms with E-state index >= 15 is 0 Å². The van der Waals surface area contributed by atoms with Crippen LogP contribution in [0.3, 0.4) is 0 Å². The number of carbonyl (C=O) groups is 1. The van der Waals surface area contributed by atoms with Crippen molar-refractivity contribution in [2.24, 2.45) is 5.92 Å². The van der Waals surface area contributed by atoms with Crippen LogP contribution in [0.15, 0.2) is 0 Å². The second-order valence-electron chi connectivity index (χ2n) is 5.30. The summed E-state index contributed by atoms with van der Waals surface area (Å²) in [5, 5.41) is 0. The van der Waals surface area contributed by atoms with Crippen LogP contribution in [-0.2, 0) is 23.7 Å². The Labute approximate surface area is 101 Å². The van der Waals surface area contributed by atoms with Gasteiger partial charge in [-0.2, -0.15) is 0 Å². The van der Waals surface area contributed by atoms with E-state index in [1.807, 2.05) is 13.8 Å². The quantitative estimate of drug-likeness (QED) is 0.696. The SMILES string of the molecule is CC(C)C(=O)OC[C@H]1OC[C@@H]2OC(C)(C)O[C@@H]21. The van der Waals surface area contributed by atoms with Gasteiger partial charge in [0.1, 0.15) is 24.9 Å². The monoisotopic (exact) mass is 244 g/mol. The van der Waals surface area contributed by atoms with Crippen LogP contribution in [0.25, 0.3) is 0 Å². The molecule has 0 aromatic heterocycles. The van der Waals surface area contributed by atoms with Gasteiger partial charge < -0.3 is 18.9 Å². The topological polar surface area (TPSA) is 54.0 Å². The lowest BCUT2D eigenvalue weighted by Crippen LogP contribution is -2.34. The van der Waals surface area contributed by atoms with Crippen LogP contribution in [-0.4, -0.2) is 43.3 Å². The first-order valence-electron chi connectivity index (χ1n) is 6.03. The molecule has 0 saturated carbocycles. The van der Waals surface area contributed by atoms with Crippen molar-refractivity contribution in [3.8, 4) is 0 Å². The molecule has 5 heteroatoms. The third-order valence-corrected chi connectivity index (χ3v) is 2.92. The smallest absolute Gasteiger partial charge is 0.308 e. The van der Waals surface area contributed by atoms with E-state index < -0.39 is 5.79 Å². The Morgan fingerprint density at radius 1 is 1.41 bits per heavy atom. The largest absolute Gasteiger partial charge is 0.463 e. The molecule has 17 heavy (non-hydrogen) atoms. The highest BCUT2D eigenvalue weighted by atomic mass is 16.8. The van der Waals surface area contributed by atoms with Gasteiger partial charge in [0, 0.05) is 0 Å². The summed E-state index contributed by atoms with van der Waals surface area (Å²) in [4.78, 5) is 11.4. The average Bonchev–Trinajstić information content (AvgIpc) is 2.70. The Kier molecular flexibility index (Phi) is 3.43. The summed E-state index contributed by atoms with van der Waals surface area (Å²) in [6.45, 7) is 8.10. The summed E-state index contributed by atoms with van der Waals surface area (Å²) in [6.07, 6.45) is -0.401. The van der Waals surface area contributed by atoms with Gasteiger partial charge in [0.2, 0.25) is 0 Å². The molecule has 0 aliphatic carbocycles. The number of esters is 1. The lowest BCUT2D eigenvalue weighted by atomic mass is 10.1. The fourth-order valence-electron chi connectivity index (χ4n) is 2.09. The van der Waals surface area contributed by atoms with Gasteiger partial charge in [-0.05, 0) is 13.8 Å². The molecule has 0 spiro atoms. The van der Waals surface area contributed by atoms with Gasteiger partial charge in [-0.15, -0.1) is 0 Å². The minimum Gasteiger partial charge on any atom is -0.463 e. The Balaban J connectivity index is 1.85. The van der Waals surface area contributed by atoms with Gasteiger partial charge in [0.05, 0.1) is 12.5 Å². The molecule has 3 atom stereocenters. The molecule has 98 valence electrons. The molecule has 0 amide bonds. The number of hydrogen-bond acceptors (Lipinski definition) is 5. The van der Waals surface area contributed by atoms with Crippen molar-refractivity contribution in [2.45, 2.75) is 51.8 Å². The van der Waals surface area contributed by atoms with Crippen molar-refractivity contribution in [3.63, 3.8) is 0 Å². The Morgan fingerprint density at radius 3 is 2.76 bits per heavy atom. The van der Waals surface area contributed by atoms with E-state index in [9.17, 15) is 4.79 Å². The molecule has 0 bridgehead atoms. The van der Waals surface area contributed by atoms with E-state index in [4.69, 9.17) is 18.9 Å². The lowest BCUT2D eigenvalue weighted by Gasteiger charge is -2.21. The first-order chi connectivity index (χ1) is 7.89. The fourth-order valence-corrected chi connectivity index (χ4v) is 2.09. The average molecular weight is 244 g/mol. The van der Waals surface area contributed by atoms with Gasteiger partial charge in [0.25, 0.3) is 0 Å². The number of rotatable bonds is 3. The molecule has 0 aromatic rings. The Morgan fingerprint density at radius 2 is 2.12 bits per heavy atom. The van der Waals surface area contributed by atoms with Crippen molar-refractivity contribution >= 4 is 5.97 Å². The van der Waals surface area contributed by atoms with Crippen LogP contribution >= 0.6 is 0 Å². The minimum absolute atomic E-state index is 0.0484. The molecule has 0 aromatic carbocycles. The van der Waals surface area contributed by atoms with E-state index in [1.54, 1.807) is 13.8 Å². The van der Waals surface area contributed by atoms with Crippen molar-refractivity contribution in [3.05, 3.63) is 0 Å². The van der Waals surface area contributed by atoms with Crippen LogP contribution in [0.2, 0.25) is 0 Å². The van der Waals surface area contributed by atoms with Crippen molar-refractivity contribution < 1.29 is 23.7 Å². The zero-order chi connectivity index (χ0) is 12.6. The maximum absolute atomic E-state index is 11.4. The zero-order valence-electron chi connectivity index (χ0n) is 10.8. The number of carbonyl (C=O) groups excluding carboxylic acids is 1. The third kappa shape index (κ3) is 2.78. The normalized spacial score (nSPS) is 35.0. The molecular weight excluding hydrogens is 224 g/mol. The Hall–Kier alpha value is -0.650. The standard InChI is InChI=1S/C12H20O5/c1-7(2)11(13)15-5-8-10-9(6-14-8)16-12(3,4)17-10/h7-10H,5-6H2,1-4H3/t8-,9+,10-/m1/s1. The van der Waals surface area contributed by atoms with Crippen molar-refractivity contribution in [1.29, 1.82) is 0 Å². The first kappa shape index (κ1) is 12.8. The predicted molar refractivity (Wildman–Crippen MR) is 59.4 cm³/mol. The van der Waals surface area contributed by atoms with E-state index in [0.29, 0.717) is 6.61 Å². The van der Waals surface area contributed by atoms with Crippen LogP contribution < -0.4 is 0 Å². The summed E-state index contributed by atoms with van der Waals surface area (Å²) < 4.78 is 22.1. The third-order valence-electron chi connectivity index (χ3n) is 2.92. The molecule has 2 rings (SSSR count). The van der Waals surface area contributed by atoms with Crippen LogP contribution in [0.1, 0.15) is 27.7 Å². The second-order valence-corrected chi connectivity index (χ2v) is 5.30. The van der Waals surface area contributed by atoms with Crippen molar-refractivity contribution in [1.82, 2.24) is 0 Å². The van der Waals surface area contributed by atoms with Gasteiger partial charge in [-0.1, -0.05) is 13.8 Å². The zero-order valence-corrected chi connectivity index (χ0v) is 10.8. The minimum atomic E-state index is -0.570. The van der Waals surface area contributed by atoms with Crippen LogP contribution in [0.4, 0.5) is 0 Å². The highest BCUT2D eigenvalue weighted by molar-refractivity contribution is 5.71. The summed E-state index contributed by atoms with van der Waals surface area (Å²) in [5.74, 6) is -0.904. The molecule has 0 unspecified atom stereocenters. The van der Waals surface area contributed by atoms with E-state index in [-0.39, 0.29) is 36.8 Å². The highest BCUT2D eigenvalue weighted by Gasteiger charge is 2.50. The summed E-state index contributed by atoms with van der Waals surface area (Å²) in [7, 11) is 0. The summed E-state index contributed by atoms with van der Waals surface area (Å²) >= 11 is 0. The molecule has 2 aliphatic heterocycles. The molecular formula is C12H20O5. The Bertz CT molecular complexity index is 299. The summed E-state index contributed by atoms with van der Waals surface area (Å²) in [5.41, 5.74) is 0. The molecule has 2 heterocycles. The van der Waals surface area contributed by atoms with E-state index in [1.165, 1.54) is 0 Å². The van der Waals surface area contributed by atoms with Crippen LogP contribution in [0.5, 0.6) is 0 Å². The molecule has 2 fully saturated rings.